The van der Waals surface area contributed by atoms with E-state index in [1.165, 1.54) is 32.0 Å². The highest BCUT2D eigenvalue weighted by Gasteiger charge is 2.27. The lowest BCUT2D eigenvalue weighted by molar-refractivity contribution is -0.146. The quantitative estimate of drug-likeness (QED) is 0.837. The van der Waals surface area contributed by atoms with E-state index >= 15 is 0 Å². The molecule has 0 fully saturated rings. The molecule has 0 unspecified atom stereocenters. The van der Waals surface area contributed by atoms with Crippen LogP contribution < -0.4 is 5.32 Å². The number of amides is 1. The number of hydrogen-bond donors (Lipinski definition) is 2. The molecule has 0 bridgehead atoms. The van der Waals surface area contributed by atoms with Crippen LogP contribution in [0.2, 0.25) is 0 Å². The van der Waals surface area contributed by atoms with E-state index in [9.17, 15) is 14.0 Å². The molecule has 18 heavy (non-hydrogen) atoms. The van der Waals surface area contributed by atoms with Crippen LogP contribution in [0.15, 0.2) is 24.3 Å². The Kier molecular flexibility index (Phi) is 4.42. The molecule has 1 rings (SSSR count). The van der Waals surface area contributed by atoms with Gasteiger partial charge in [0.2, 0.25) is 5.91 Å². The lowest BCUT2D eigenvalue weighted by atomic mass is 9.94. The molecular formula is C13H16FNO3. The van der Waals surface area contributed by atoms with Crippen molar-refractivity contribution in [2.24, 2.45) is 5.41 Å². The summed E-state index contributed by atoms with van der Waals surface area (Å²) in [4.78, 5) is 22.4. The molecule has 0 aromatic heterocycles. The Labute approximate surface area is 105 Å². The number of carbonyl (C=O) groups is 2. The standard InChI is InChI=1S/C13H16FNO3/c1-13(2,12(17)18)8-15-11(16)7-9-4-3-5-10(14)6-9/h3-6H,7-8H2,1-2H3,(H,15,16)(H,17,18). The number of carboxylic acid groups (broad SMARTS) is 1. The highest BCUT2D eigenvalue weighted by Crippen LogP contribution is 2.13. The molecule has 0 radical (unpaired) electrons. The summed E-state index contributed by atoms with van der Waals surface area (Å²) in [6, 6.07) is 5.75. The molecule has 1 amide bonds. The van der Waals surface area contributed by atoms with Gasteiger partial charge in [-0.25, -0.2) is 4.39 Å². The molecule has 1 aromatic carbocycles. The van der Waals surface area contributed by atoms with Gasteiger partial charge in [0.25, 0.3) is 0 Å². The maximum atomic E-state index is 12.9. The summed E-state index contributed by atoms with van der Waals surface area (Å²) in [7, 11) is 0. The summed E-state index contributed by atoms with van der Waals surface area (Å²) in [6.07, 6.45) is 0.0352. The second-order valence-corrected chi connectivity index (χ2v) is 4.77. The Morgan fingerprint density at radius 2 is 2.06 bits per heavy atom. The first kappa shape index (κ1) is 14.2. The normalized spacial score (nSPS) is 11.1. The fourth-order valence-corrected chi connectivity index (χ4v) is 1.29. The molecular weight excluding hydrogens is 237 g/mol. The van der Waals surface area contributed by atoms with Gasteiger partial charge in [-0.1, -0.05) is 12.1 Å². The van der Waals surface area contributed by atoms with Gasteiger partial charge in [0.05, 0.1) is 11.8 Å². The minimum absolute atomic E-state index is 0.0352. The van der Waals surface area contributed by atoms with Crippen LogP contribution in [-0.4, -0.2) is 23.5 Å². The van der Waals surface area contributed by atoms with Crippen molar-refractivity contribution in [3.8, 4) is 0 Å². The Hall–Kier alpha value is -1.91. The monoisotopic (exact) mass is 253 g/mol. The maximum absolute atomic E-state index is 12.9. The smallest absolute Gasteiger partial charge is 0.310 e. The average molecular weight is 253 g/mol. The van der Waals surface area contributed by atoms with E-state index < -0.39 is 17.2 Å². The van der Waals surface area contributed by atoms with Crippen molar-refractivity contribution in [2.45, 2.75) is 20.3 Å². The van der Waals surface area contributed by atoms with Gasteiger partial charge < -0.3 is 10.4 Å². The number of carbonyl (C=O) groups excluding carboxylic acids is 1. The van der Waals surface area contributed by atoms with Gasteiger partial charge in [-0.3, -0.25) is 9.59 Å². The van der Waals surface area contributed by atoms with Crippen LogP contribution in [0.5, 0.6) is 0 Å². The number of hydrogen-bond acceptors (Lipinski definition) is 2. The molecule has 2 N–H and O–H groups in total. The minimum Gasteiger partial charge on any atom is -0.481 e. The summed E-state index contributed by atoms with van der Waals surface area (Å²) < 4.78 is 12.9. The zero-order valence-corrected chi connectivity index (χ0v) is 10.4. The van der Waals surface area contributed by atoms with Crippen molar-refractivity contribution in [1.82, 2.24) is 5.32 Å². The molecule has 98 valence electrons. The highest BCUT2D eigenvalue weighted by molar-refractivity contribution is 5.80. The summed E-state index contributed by atoms with van der Waals surface area (Å²) in [5, 5.41) is 11.4. The molecule has 0 aliphatic carbocycles. The third-order valence-electron chi connectivity index (χ3n) is 2.56. The third kappa shape index (κ3) is 4.16. The summed E-state index contributed by atoms with van der Waals surface area (Å²) in [5.74, 6) is -1.70. The van der Waals surface area contributed by atoms with Crippen molar-refractivity contribution in [2.75, 3.05) is 6.54 Å². The molecule has 5 heteroatoms. The molecule has 0 saturated carbocycles. The molecule has 0 saturated heterocycles. The zero-order valence-electron chi connectivity index (χ0n) is 10.4. The van der Waals surface area contributed by atoms with Crippen molar-refractivity contribution in [1.29, 1.82) is 0 Å². The molecule has 1 aromatic rings. The molecule has 0 spiro atoms. The van der Waals surface area contributed by atoms with E-state index in [1.54, 1.807) is 6.07 Å². The van der Waals surface area contributed by atoms with E-state index in [4.69, 9.17) is 5.11 Å². The van der Waals surface area contributed by atoms with Gasteiger partial charge in [-0.2, -0.15) is 0 Å². The van der Waals surface area contributed by atoms with Crippen LogP contribution in [0.25, 0.3) is 0 Å². The Morgan fingerprint density at radius 1 is 1.39 bits per heavy atom. The first-order valence-corrected chi connectivity index (χ1v) is 5.56. The first-order valence-electron chi connectivity index (χ1n) is 5.56. The van der Waals surface area contributed by atoms with E-state index in [1.807, 2.05) is 0 Å². The van der Waals surface area contributed by atoms with Gasteiger partial charge in [0.15, 0.2) is 0 Å². The molecule has 4 nitrogen and oxygen atoms in total. The fourth-order valence-electron chi connectivity index (χ4n) is 1.29. The second kappa shape index (κ2) is 5.62. The predicted octanol–water partition coefficient (Wildman–Crippen LogP) is 1.60. The summed E-state index contributed by atoms with van der Waals surface area (Å²) in [6.45, 7) is 3.09. The minimum atomic E-state index is -1.02. The van der Waals surface area contributed by atoms with Crippen LogP contribution >= 0.6 is 0 Å². The Bertz CT molecular complexity index is 457. The van der Waals surface area contributed by atoms with Gasteiger partial charge in [0.1, 0.15) is 5.82 Å². The SMILES string of the molecule is CC(C)(CNC(=O)Cc1cccc(F)c1)C(=O)O. The van der Waals surface area contributed by atoms with E-state index in [0.717, 1.165) is 0 Å². The van der Waals surface area contributed by atoms with Crippen LogP contribution in [0.4, 0.5) is 4.39 Å². The molecule has 0 aliphatic rings. The Morgan fingerprint density at radius 3 is 2.61 bits per heavy atom. The van der Waals surface area contributed by atoms with E-state index in [0.29, 0.717) is 5.56 Å². The number of carboxylic acids is 1. The second-order valence-electron chi connectivity index (χ2n) is 4.77. The average Bonchev–Trinajstić information content (AvgIpc) is 2.26. The van der Waals surface area contributed by atoms with E-state index in [2.05, 4.69) is 5.32 Å². The molecule has 0 aliphatic heterocycles. The fraction of sp³-hybridized carbons (Fsp3) is 0.385. The van der Waals surface area contributed by atoms with Crippen molar-refractivity contribution >= 4 is 11.9 Å². The first-order chi connectivity index (χ1) is 8.31. The largest absolute Gasteiger partial charge is 0.481 e. The van der Waals surface area contributed by atoms with Gasteiger partial charge in [-0.15, -0.1) is 0 Å². The number of rotatable bonds is 5. The summed E-state index contributed by atoms with van der Waals surface area (Å²) >= 11 is 0. The lowest BCUT2D eigenvalue weighted by Gasteiger charge is -2.19. The topological polar surface area (TPSA) is 66.4 Å². The predicted molar refractivity (Wildman–Crippen MR) is 64.5 cm³/mol. The van der Waals surface area contributed by atoms with Gasteiger partial charge in [0, 0.05) is 6.54 Å². The van der Waals surface area contributed by atoms with Gasteiger partial charge in [-0.05, 0) is 31.5 Å². The zero-order chi connectivity index (χ0) is 13.8. The van der Waals surface area contributed by atoms with Crippen molar-refractivity contribution in [3.63, 3.8) is 0 Å². The maximum Gasteiger partial charge on any atom is 0.310 e. The van der Waals surface area contributed by atoms with Crippen LogP contribution in [-0.2, 0) is 16.0 Å². The molecule has 0 atom stereocenters. The molecule has 0 heterocycles. The number of aliphatic carboxylic acids is 1. The lowest BCUT2D eigenvalue weighted by Crippen LogP contribution is -2.39. The van der Waals surface area contributed by atoms with E-state index in [-0.39, 0.29) is 18.9 Å². The summed E-state index contributed by atoms with van der Waals surface area (Å²) in [5.41, 5.74) is -0.460. The highest BCUT2D eigenvalue weighted by atomic mass is 19.1. The van der Waals surface area contributed by atoms with Crippen LogP contribution in [0, 0.1) is 11.2 Å². The number of benzene rings is 1. The van der Waals surface area contributed by atoms with Gasteiger partial charge >= 0.3 is 5.97 Å². The van der Waals surface area contributed by atoms with Crippen LogP contribution in [0.1, 0.15) is 19.4 Å². The number of halogens is 1. The Balaban J connectivity index is 2.50. The third-order valence-corrected chi connectivity index (χ3v) is 2.56. The van der Waals surface area contributed by atoms with Crippen molar-refractivity contribution in [3.05, 3.63) is 35.6 Å². The van der Waals surface area contributed by atoms with Crippen molar-refractivity contribution < 1.29 is 19.1 Å². The van der Waals surface area contributed by atoms with Crippen LogP contribution in [0.3, 0.4) is 0 Å². The number of nitrogens with one attached hydrogen (secondary N) is 1.